The van der Waals surface area contributed by atoms with Gasteiger partial charge in [0, 0.05) is 6.54 Å². The van der Waals surface area contributed by atoms with E-state index < -0.39 is 0 Å². The molecule has 1 N–H and O–H groups in total. The molecule has 0 bridgehead atoms. The van der Waals surface area contributed by atoms with E-state index in [-0.39, 0.29) is 0 Å². The number of hydrogen-bond donors (Lipinski definition) is 1. The second kappa shape index (κ2) is 5.57. The highest BCUT2D eigenvalue weighted by Gasteiger charge is 2.15. The lowest BCUT2D eigenvalue weighted by molar-refractivity contribution is 0.338. The Bertz CT molecular complexity index is 521. The van der Waals surface area contributed by atoms with Crippen LogP contribution in [0.1, 0.15) is 18.4 Å². The summed E-state index contributed by atoms with van der Waals surface area (Å²) >= 11 is 0. The lowest BCUT2D eigenvalue weighted by Gasteiger charge is -2.23. The van der Waals surface area contributed by atoms with Gasteiger partial charge in [-0.15, -0.1) is 0 Å². The maximum Gasteiger partial charge on any atom is 0.0951 e. The van der Waals surface area contributed by atoms with E-state index in [0.717, 1.165) is 19.0 Å². The van der Waals surface area contributed by atoms with Crippen LogP contribution in [0.4, 0.5) is 0 Å². The number of aryl methyl sites for hydroxylation is 1. The molecule has 3 rings (SSSR count). The summed E-state index contributed by atoms with van der Waals surface area (Å²) in [5, 5.41) is 3.48. The van der Waals surface area contributed by atoms with Gasteiger partial charge in [0.05, 0.1) is 18.2 Å². The maximum atomic E-state index is 4.33. The second-order valence-corrected chi connectivity index (χ2v) is 5.51. The molecule has 0 spiro atoms. The summed E-state index contributed by atoms with van der Waals surface area (Å²) in [6.45, 7) is 5.49. The highest BCUT2D eigenvalue weighted by molar-refractivity contribution is 5.59. The number of nitrogens with zero attached hydrogens (tertiary/aromatic N) is 2. The van der Waals surface area contributed by atoms with Gasteiger partial charge in [-0.05, 0) is 44.3 Å². The van der Waals surface area contributed by atoms with Gasteiger partial charge in [0.2, 0.25) is 0 Å². The fourth-order valence-corrected chi connectivity index (χ4v) is 2.79. The first-order valence-corrected chi connectivity index (χ1v) is 7.11. The number of hydrogen-bond acceptors (Lipinski definition) is 2. The maximum absolute atomic E-state index is 4.33. The molecule has 1 aliphatic rings. The van der Waals surface area contributed by atoms with Crippen molar-refractivity contribution in [3.63, 3.8) is 0 Å². The third-order valence-electron chi connectivity index (χ3n) is 3.91. The van der Waals surface area contributed by atoms with Crippen molar-refractivity contribution in [3.8, 4) is 11.3 Å². The molecule has 1 fully saturated rings. The number of rotatable bonds is 3. The third kappa shape index (κ3) is 2.87. The predicted octanol–water partition coefficient (Wildman–Crippen LogP) is 2.86. The number of imidazole rings is 1. The van der Waals surface area contributed by atoms with Crippen LogP contribution in [0, 0.1) is 12.8 Å². The Morgan fingerprint density at radius 2 is 2.16 bits per heavy atom. The van der Waals surface area contributed by atoms with Crippen LogP contribution in [0.5, 0.6) is 0 Å². The first kappa shape index (κ1) is 12.4. The number of nitrogens with one attached hydrogen (secondary N) is 1. The number of benzene rings is 1. The Morgan fingerprint density at radius 3 is 2.89 bits per heavy atom. The predicted molar refractivity (Wildman–Crippen MR) is 78.0 cm³/mol. The molecule has 0 radical (unpaired) electrons. The molecule has 0 aliphatic carbocycles. The van der Waals surface area contributed by atoms with E-state index in [0.29, 0.717) is 0 Å². The zero-order valence-electron chi connectivity index (χ0n) is 11.5. The van der Waals surface area contributed by atoms with Crippen LogP contribution in [0.25, 0.3) is 11.3 Å². The molecule has 1 saturated heterocycles. The Labute approximate surface area is 114 Å². The average molecular weight is 255 g/mol. The van der Waals surface area contributed by atoms with Gasteiger partial charge in [0.1, 0.15) is 0 Å². The van der Waals surface area contributed by atoms with Crippen molar-refractivity contribution in [3.05, 3.63) is 42.4 Å². The van der Waals surface area contributed by atoms with E-state index in [1.165, 1.54) is 36.2 Å². The van der Waals surface area contributed by atoms with Crippen LogP contribution >= 0.6 is 0 Å². The molecule has 100 valence electrons. The molecule has 19 heavy (non-hydrogen) atoms. The molecule has 2 aromatic rings. The van der Waals surface area contributed by atoms with E-state index in [4.69, 9.17) is 0 Å². The van der Waals surface area contributed by atoms with Crippen LogP contribution in [0.3, 0.4) is 0 Å². The van der Waals surface area contributed by atoms with Crippen LogP contribution in [-0.2, 0) is 6.54 Å². The van der Waals surface area contributed by atoms with Crippen molar-refractivity contribution in [1.82, 2.24) is 14.9 Å². The number of piperidine rings is 1. The van der Waals surface area contributed by atoms with Gasteiger partial charge in [-0.2, -0.15) is 0 Å². The molecule has 1 aromatic carbocycles. The lowest BCUT2D eigenvalue weighted by Crippen LogP contribution is -2.32. The summed E-state index contributed by atoms with van der Waals surface area (Å²) in [7, 11) is 0. The molecule has 3 nitrogen and oxygen atoms in total. The minimum Gasteiger partial charge on any atom is -0.330 e. The zero-order chi connectivity index (χ0) is 13.1. The molecule has 1 atom stereocenters. The minimum absolute atomic E-state index is 0.729. The molecule has 1 aromatic heterocycles. The third-order valence-corrected chi connectivity index (χ3v) is 3.91. The van der Waals surface area contributed by atoms with Crippen molar-refractivity contribution < 1.29 is 0 Å². The average Bonchev–Trinajstić information content (AvgIpc) is 2.89. The van der Waals surface area contributed by atoms with Crippen molar-refractivity contribution >= 4 is 0 Å². The monoisotopic (exact) mass is 255 g/mol. The summed E-state index contributed by atoms with van der Waals surface area (Å²) in [6.07, 6.45) is 6.54. The molecule has 3 heteroatoms. The molecule has 0 amide bonds. The zero-order valence-corrected chi connectivity index (χ0v) is 11.5. The normalized spacial score (nSPS) is 19.5. The van der Waals surface area contributed by atoms with Gasteiger partial charge in [-0.25, -0.2) is 4.98 Å². The Hall–Kier alpha value is -1.61. The van der Waals surface area contributed by atoms with Crippen LogP contribution in [0.15, 0.2) is 36.8 Å². The van der Waals surface area contributed by atoms with Gasteiger partial charge in [0.25, 0.3) is 0 Å². The summed E-state index contributed by atoms with van der Waals surface area (Å²) in [4.78, 5) is 4.33. The topological polar surface area (TPSA) is 29.9 Å². The van der Waals surface area contributed by atoms with E-state index in [1.54, 1.807) is 0 Å². The van der Waals surface area contributed by atoms with Crippen LogP contribution < -0.4 is 5.32 Å². The second-order valence-electron chi connectivity index (χ2n) is 5.51. The minimum atomic E-state index is 0.729. The Balaban J connectivity index is 1.79. The fraction of sp³-hybridized carbons (Fsp3) is 0.438. The highest BCUT2D eigenvalue weighted by Crippen LogP contribution is 2.22. The van der Waals surface area contributed by atoms with Crippen LogP contribution in [-0.4, -0.2) is 22.6 Å². The van der Waals surface area contributed by atoms with E-state index in [1.807, 2.05) is 12.5 Å². The summed E-state index contributed by atoms with van der Waals surface area (Å²) in [5.74, 6) is 0.729. The van der Waals surface area contributed by atoms with Gasteiger partial charge < -0.3 is 9.88 Å². The highest BCUT2D eigenvalue weighted by atomic mass is 15.1. The largest absolute Gasteiger partial charge is 0.330 e. The van der Waals surface area contributed by atoms with Crippen molar-refractivity contribution in [2.45, 2.75) is 26.3 Å². The van der Waals surface area contributed by atoms with Gasteiger partial charge in [-0.1, -0.05) is 29.8 Å². The Morgan fingerprint density at radius 1 is 1.32 bits per heavy atom. The van der Waals surface area contributed by atoms with Gasteiger partial charge in [0.15, 0.2) is 0 Å². The first-order chi connectivity index (χ1) is 9.33. The molecular formula is C16H21N3. The summed E-state index contributed by atoms with van der Waals surface area (Å²) in [6, 6.07) is 8.69. The fourth-order valence-electron chi connectivity index (χ4n) is 2.79. The van der Waals surface area contributed by atoms with E-state index in [9.17, 15) is 0 Å². The van der Waals surface area contributed by atoms with Crippen molar-refractivity contribution in [1.29, 1.82) is 0 Å². The smallest absolute Gasteiger partial charge is 0.0951 e. The summed E-state index contributed by atoms with van der Waals surface area (Å²) < 4.78 is 2.29. The molecule has 2 heterocycles. The van der Waals surface area contributed by atoms with Crippen molar-refractivity contribution in [2.75, 3.05) is 13.1 Å². The van der Waals surface area contributed by atoms with E-state index in [2.05, 4.69) is 46.1 Å². The standard InChI is InChI=1S/C16H21N3/c1-13-4-6-15(7-5-13)16-10-18-12-19(16)11-14-3-2-8-17-9-14/h4-7,10,12,14,17H,2-3,8-9,11H2,1H3. The molecular weight excluding hydrogens is 234 g/mol. The SMILES string of the molecule is Cc1ccc(-c2cncn2CC2CCCNC2)cc1. The van der Waals surface area contributed by atoms with Gasteiger partial charge in [-0.3, -0.25) is 0 Å². The quantitative estimate of drug-likeness (QED) is 0.914. The molecule has 0 saturated carbocycles. The van der Waals surface area contributed by atoms with Gasteiger partial charge >= 0.3 is 0 Å². The number of aromatic nitrogens is 2. The molecule has 1 aliphatic heterocycles. The van der Waals surface area contributed by atoms with Crippen molar-refractivity contribution in [2.24, 2.45) is 5.92 Å². The first-order valence-electron chi connectivity index (χ1n) is 7.11. The van der Waals surface area contributed by atoms with Crippen LogP contribution in [0.2, 0.25) is 0 Å². The lowest BCUT2D eigenvalue weighted by atomic mass is 9.99. The van der Waals surface area contributed by atoms with E-state index >= 15 is 0 Å². The Kier molecular flexibility index (Phi) is 3.65. The molecule has 1 unspecified atom stereocenters. The summed E-state index contributed by atoms with van der Waals surface area (Å²) in [5.41, 5.74) is 3.78.